The Morgan fingerprint density at radius 1 is 0.905 bits per heavy atom. The Labute approximate surface area is 117 Å². The van der Waals surface area contributed by atoms with E-state index in [1.54, 1.807) is 6.92 Å². The minimum Gasteiger partial charge on any atom is -0.491 e. The highest BCUT2D eigenvalue weighted by molar-refractivity contribution is 5.80. The minimum absolute atomic E-state index is 0.0945. The highest BCUT2D eigenvalue weighted by atomic mass is 19.3. The van der Waals surface area contributed by atoms with Crippen LogP contribution < -0.4 is 4.74 Å². The van der Waals surface area contributed by atoms with Gasteiger partial charge in [-0.2, -0.15) is 8.78 Å². The van der Waals surface area contributed by atoms with Crippen molar-refractivity contribution in [3.8, 4) is 16.9 Å². The summed E-state index contributed by atoms with van der Waals surface area (Å²) >= 11 is 0. The average molecular weight is 300 g/mol. The van der Waals surface area contributed by atoms with Gasteiger partial charge < -0.3 is 4.74 Å². The van der Waals surface area contributed by atoms with Gasteiger partial charge in [0.2, 0.25) is 0 Å². The minimum atomic E-state index is -3.95. The van der Waals surface area contributed by atoms with E-state index in [-0.39, 0.29) is 23.5 Å². The summed E-state index contributed by atoms with van der Waals surface area (Å²) in [6, 6.07) is 4.19. The highest BCUT2D eigenvalue weighted by Gasteiger charge is 2.50. The lowest BCUT2D eigenvalue weighted by atomic mass is 10.1. The van der Waals surface area contributed by atoms with Crippen LogP contribution >= 0.6 is 0 Å². The van der Waals surface area contributed by atoms with Crippen LogP contribution in [0.4, 0.5) is 22.0 Å². The van der Waals surface area contributed by atoms with E-state index in [0.29, 0.717) is 0 Å². The Bertz CT molecular complexity index is 739. The Morgan fingerprint density at radius 3 is 2.10 bits per heavy atom. The van der Waals surface area contributed by atoms with Gasteiger partial charge in [0.05, 0.1) is 17.7 Å². The number of alkyl halides is 2. The second kappa shape index (κ2) is 4.44. The fourth-order valence-corrected chi connectivity index (χ4v) is 2.56. The monoisotopic (exact) mass is 300 g/mol. The molecule has 2 aromatic carbocycles. The van der Waals surface area contributed by atoms with Gasteiger partial charge in [-0.05, 0) is 36.2 Å². The summed E-state index contributed by atoms with van der Waals surface area (Å²) in [6.07, 6.45) is 0. The molecule has 3 rings (SSSR count). The lowest BCUT2D eigenvalue weighted by molar-refractivity contribution is 0.0391. The van der Waals surface area contributed by atoms with E-state index in [4.69, 9.17) is 4.74 Å². The molecule has 0 fully saturated rings. The van der Waals surface area contributed by atoms with E-state index >= 15 is 0 Å². The molecule has 110 valence electrons. The fourth-order valence-electron chi connectivity index (χ4n) is 2.56. The molecular formula is C15H9F5O. The summed E-state index contributed by atoms with van der Waals surface area (Å²) in [5, 5.41) is 0. The highest BCUT2D eigenvalue weighted by Crippen LogP contribution is 2.54. The van der Waals surface area contributed by atoms with Crippen molar-refractivity contribution in [3.05, 3.63) is 52.8 Å². The van der Waals surface area contributed by atoms with Crippen molar-refractivity contribution >= 4 is 0 Å². The maximum Gasteiger partial charge on any atom is 0.305 e. The quantitative estimate of drug-likeness (QED) is 0.735. The number of fused-ring (bicyclic) bond motifs is 3. The van der Waals surface area contributed by atoms with Crippen molar-refractivity contribution in [2.75, 3.05) is 6.61 Å². The summed E-state index contributed by atoms with van der Waals surface area (Å²) in [4.78, 5) is 0. The maximum absolute atomic E-state index is 14.3. The van der Waals surface area contributed by atoms with E-state index in [1.165, 1.54) is 12.1 Å². The van der Waals surface area contributed by atoms with E-state index in [1.807, 2.05) is 0 Å². The number of benzene rings is 2. The van der Waals surface area contributed by atoms with Crippen LogP contribution in [0.25, 0.3) is 11.1 Å². The summed E-state index contributed by atoms with van der Waals surface area (Å²) in [6.45, 7) is 1.67. The van der Waals surface area contributed by atoms with Gasteiger partial charge in [-0.1, -0.05) is 6.07 Å². The zero-order valence-corrected chi connectivity index (χ0v) is 10.8. The smallest absolute Gasteiger partial charge is 0.305 e. The molecule has 0 saturated carbocycles. The first-order chi connectivity index (χ1) is 9.89. The van der Waals surface area contributed by atoms with Crippen molar-refractivity contribution in [2.24, 2.45) is 0 Å². The molecule has 1 aliphatic carbocycles. The van der Waals surface area contributed by atoms with Crippen LogP contribution in [-0.4, -0.2) is 6.61 Å². The molecule has 0 atom stereocenters. The van der Waals surface area contributed by atoms with Crippen LogP contribution in [0.3, 0.4) is 0 Å². The fraction of sp³-hybridized carbons (Fsp3) is 0.200. The molecule has 2 aromatic rings. The van der Waals surface area contributed by atoms with Gasteiger partial charge in [0.1, 0.15) is 0 Å². The Morgan fingerprint density at radius 2 is 1.48 bits per heavy atom. The molecule has 0 aromatic heterocycles. The van der Waals surface area contributed by atoms with E-state index < -0.39 is 34.5 Å². The van der Waals surface area contributed by atoms with Gasteiger partial charge in [-0.3, -0.25) is 0 Å². The molecule has 0 radical (unpaired) electrons. The lowest BCUT2D eigenvalue weighted by Crippen LogP contribution is -2.16. The molecule has 0 spiro atoms. The average Bonchev–Trinajstić information content (AvgIpc) is 2.66. The third kappa shape index (κ3) is 1.74. The molecule has 6 heteroatoms. The van der Waals surface area contributed by atoms with Crippen LogP contribution in [0.15, 0.2) is 24.3 Å². The maximum atomic E-state index is 14.3. The number of hydrogen-bond donors (Lipinski definition) is 0. The van der Waals surface area contributed by atoms with Gasteiger partial charge in [-0.15, -0.1) is 0 Å². The van der Waals surface area contributed by atoms with Crippen LogP contribution in [0.2, 0.25) is 0 Å². The first-order valence-corrected chi connectivity index (χ1v) is 6.22. The Hall–Kier alpha value is -2.11. The second-order valence-electron chi connectivity index (χ2n) is 4.59. The molecule has 0 amide bonds. The normalized spacial score (nSPS) is 14.8. The van der Waals surface area contributed by atoms with Gasteiger partial charge in [0.15, 0.2) is 23.2 Å². The molecule has 0 N–H and O–H groups in total. The van der Waals surface area contributed by atoms with Crippen molar-refractivity contribution in [3.63, 3.8) is 0 Å². The zero-order valence-electron chi connectivity index (χ0n) is 10.8. The van der Waals surface area contributed by atoms with Gasteiger partial charge in [0.25, 0.3) is 0 Å². The predicted molar refractivity (Wildman–Crippen MR) is 65.9 cm³/mol. The summed E-state index contributed by atoms with van der Waals surface area (Å²) in [5.74, 6) is -8.61. The van der Waals surface area contributed by atoms with Gasteiger partial charge in [-0.25, -0.2) is 13.2 Å². The van der Waals surface area contributed by atoms with E-state index in [2.05, 4.69) is 0 Å². The topological polar surface area (TPSA) is 9.23 Å². The first-order valence-electron chi connectivity index (χ1n) is 6.22. The third-order valence-corrected chi connectivity index (χ3v) is 3.42. The SMILES string of the molecule is CCOc1ccc2c(c1F)C(F)(F)c1c-2ccc(F)c1F. The number of halogens is 5. The van der Waals surface area contributed by atoms with E-state index in [9.17, 15) is 22.0 Å². The first kappa shape index (κ1) is 13.9. The Kier molecular flexibility index (Phi) is 2.93. The molecule has 21 heavy (non-hydrogen) atoms. The largest absolute Gasteiger partial charge is 0.491 e. The standard InChI is InChI=1S/C15H9F5O/c1-2-21-10-6-4-8-7-3-5-9(16)13(17)11(7)15(19,20)12(8)14(10)18/h3-6H,2H2,1H3. The molecule has 1 nitrogen and oxygen atoms in total. The third-order valence-electron chi connectivity index (χ3n) is 3.42. The number of hydrogen-bond acceptors (Lipinski definition) is 1. The molecule has 1 aliphatic rings. The lowest BCUT2D eigenvalue weighted by Gasteiger charge is -2.15. The number of ether oxygens (including phenoxy) is 1. The van der Waals surface area contributed by atoms with Gasteiger partial charge in [0, 0.05) is 0 Å². The molecule has 0 heterocycles. The van der Waals surface area contributed by atoms with Crippen molar-refractivity contribution < 1.29 is 26.7 Å². The predicted octanol–water partition coefficient (Wildman–Crippen LogP) is 4.62. The molecular weight excluding hydrogens is 291 g/mol. The molecule has 0 bridgehead atoms. The van der Waals surface area contributed by atoms with E-state index in [0.717, 1.165) is 12.1 Å². The van der Waals surface area contributed by atoms with Crippen LogP contribution in [-0.2, 0) is 5.92 Å². The van der Waals surface area contributed by atoms with Gasteiger partial charge >= 0.3 is 5.92 Å². The summed E-state index contributed by atoms with van der Waals surface area (Å²) < 4.78 is 74.8. The van der Waals surface area contributed by atoms with Crippen molar-refractivity contribution in [1.82, 2.24) is 0 Å². The second-order valence-corrected chi connectivity index (χ2v) is 4.59. The van der Waals surface area contributed by atoms with Crippen LogP contribution in [0, 0.1) is 17.5 Å². The van der Waals surface area contributed by atoms with Crippen molar-refractivity contribution in [2.45, 2.75) is 12.8 Å². The van der Waals surface area contributed by atoms with Crippen LogP contribution in [0.5, 0.6) is 5.75 Å². The molecule has 0 aliphatic heterocycles. The number of rotatable bonds is 2. The summed E-state index contributed by atoms with van der Waals surface area (Å²) in [5.41, 5.74) is -2.48. The molecule has 0 unspecified atom stereocenters. The Balaban J connectivity index is 2.33. The zero-order chi connectivity index (χ0) is 15.4. The summed E-state index contributed by atoms with van der Waals surface area (Å²) in [7, 11) is 0. The molecule has 0 saturated heterocycles. The van der Waals surface area contributed by atoms with Crippen LogP contribution in [0.1, 0.15) is 18.1 Å². The van der Waals surface area contributed by atoms with Crippen molar-refractivity contribution in [1.29, 1.82) is 0 Å².